The average Bonchev–Trinajstić information content (AvgIpc) is 3.36. The van der Waals surface area contributed by atoms with Gasteiger partial charge in [0.1, 0.15) is 11.5 Å². The van der Waals surface area contributed by atoms with Crippen molar-refractivity contribution in [2.75, 3.05) is 20.2 Å². The van der Waals surface area contributed by atoms with Gasteiger partial charge in [-0.05, 0) is 65.0 Å². The van der Waals surface area contributed by atoms with Crippen molar-refractivity contribution in [3.8, 4) is 16.9 Å². The standard InChI is InChI=1S/C27H30N6O3/c1-16-25(18(3)36-31-16)20-13-22-19(14-24(20)35-12-8-10-28-4)26-23(15-30-22)32(5)27(34)33(26)17(2)21-9-6-7-11-29-21/h6-7,9,11,13-15,17,28H,8,10,12H2,1-5H3. The van der Waals surface area contributed by atoms with Crippen LogP contribution >= 0.6 is 0 Å². The minimum Gasteiger partial charge on any atom is -0.493 e. The molecule has 5 aromatic rings. The fourth-order valence-electron chi connectivity index (χ4n) is 4.78. The summed E-state index contributed by atoms with van der Waals surface area (Å²) < 4.78 is 15.2. The number of hydrogen-bond acceptors (Lipinski definition) is 7. The highest BCUT2D eigenvalue weighted by Gasteiger charge is 2.23. The molecular weight excluding hydrogens is 456 g/mol. The van der Waals surface area contributed by atoms with Crippen LogP contribution in [0.2, 0.25) is 0 Å². The quantitative estimate of drug-likeness (QED) is 0.329. The predicted octanol–water partition coefficient (Wildman–Crippen LogP) is 4.15. The lowest BCUT2D eigenvalue weighted by atomic mass is 10.00. The van der Waals surface area contributed by atoms with Crippen LogP contribution < -0.4 is 15.7 Å². The third kappa shape index (κ3) is 3.95. The van der Waals surface area contributed by atoms with Crippen LogP contribution in [-0.2, 0) is 7.05 Å². The molecule has 1 aromatic carbocycles. The van der Waals surface area contributed by atoms with Crippen LogP contribution in [0.1, 0.15) is 36.5 Å². The van der Waals surface area contributed by atoms with E-state index in [9.17, 15) is 4.79 Å². The molecule has 9 nitrogen and oxygen atoms in total. The van der Waals surface area contributed by atoms with E-state index < -0.39 is 0 Å². The molecule has 0 aliphatic carbocycles. The van der Waals surface area contributed by atoms with Crippen molar-refractivity contribution in [1.82, 2.24) is 29.6 Å². The molecule has 5 rings (SSSR count). The van der Waals surface area contributed by atoms with Gasteiger partial charge < -0.3 is 14.6 Å². The van der Waals surface area contributed by atoms with Crippen molar-refractivity contribution >= 4 is 21.9 Å². The number of nitrogens with one attached hydrogen (secondary N) is 1. The van der Waals surface area contributed by atoms with Gasteiger partial charge in [0.15, 0.2) is 0 Å². The summed E-state index contributed by atoms with van der Waals surface area (Å²) in [4.78, 5) is 22.7. The van der Waals surface area contributed by atoms with Crippen LogP contribution in [0.4, 0.5) is 0 Å². The average molecular weight is 487 g/mol. The third-order valence-corrected chi connectivity index (χ3v) is 6.65. The lowest BCUT2D eigenvalue weighted by Crippen LogP contribution is -2.25. The van der Waals surface area contributed by atoms with Gasteiger partial charge in [-0.3, -0.25) is 19.1 Å². The van der Waals surface area contributed by atoms with E-state index in [1.54, 1.807) is 28.6 Å². The molecule has 1 N–H and O–H groups in total. The summed E-state index contributed by atoms with van der Waals surface area (Å²) in [7, 11) is 3.69. The fraction of sp³-hybridized carbons (Fsp3) is 0.333. The molecule has 0 aliphatic heterocycles. The van der Waals surface area contributed by atoms with E-state index in [4.69, 9.17) is 14.2 Å². The predicted molar refractivity (Wildman–Crippen MR) is 140 cm³/mol. The third-order valence-electron chi connectivity index (χ3n) is 6.65. The fourth-order valence-corrected chi connectivity index (χ4v) is 4.78. The van der Waals surface area contributed by atoms with Gasteiger partial charge >= 0.3 is 5.69 Å². The number of nitrogens with zero attached hydrogens (tertiary/aromatic N) is 5. The van der Waals surface area contributed by atoms with E-state index in [1.165, 1.54) is 0 Å². The summed E-state index contributed by atoms with van der Waals surface area (Å²) in [6, 6.07) is 9.46. The van der Waals surface area contributed by atoms with E-state index in [0.717, 1.165) is 57.4 Å². The number of ether oxygens (including phenoxy) is 1. The number of pyridine rings is 2. The molecule has 0 radical (unpaired) electrons. The molecule has 1 unspecified atom stereocenters. The number of benzene rings is 1. The molecular formula is C27H30N6O3. The Morgan fingerprint density at radius 3 is 2.72 bits per heavy atom. The van der Waals surface area contributed by atoms with Crippen molar-refractivity contribution in [2.45, 2.75) is 33.2 Å². The molecule has 4 heterocycles. The van der Waals surface area contributed by atoms with Gasteiger partial charge in [-0.1, -0.05) is 11.2 Å². The minimum atomic E-state index is -0.268. The number of rotatable bonds is 8. The number of imidazole rings is 1. The minimum absolute atomic E-state index is 0.122. The maximum Gasteiger partial charge on any atom is 0.329 e. The monoisotopic (exact) mass is 486 g/mol. The number of fused-ring (bicyclic) bond motifs is 3. The Labute approximate surface area is 208 Å². The summed E-state index contributed by atoms with van der Waals surface area (Å²) in [5, 5.41) is 8.13. The van der Waals surface area contributed by atoms with Crippen molar-refractivity contribution < 1.29 is 9.26 Å². The molecule has 9 heteroatoms. The highest BCUT2D eigenvalue weighted by Crippen LogP contribution is 2.39. The lowest BCUT2D eigenvalue weighted by molar-refractivity contribution is 0.311. The topological polar surface area (TPSA) is 100 Å². The SMILES string of the molecule is CNCCCOc1cc2c(cc1-c1c(C)noc1C)ncc1c2n(C(C)c2ccccn2)c(=O)n1C. The highest BCUT2D eigenvalue weighted by atomic mass is 16.5. The summed E-state index contributed by atoms with van der Waals surface area (Å²) in [5.74, 6) is 1.42. The van der Waals surface area contributed by atoms with E-state index in [0.29, 0.717) is 18.1 Å². The first-order chi connectivity index (χ1) is 17.4. The normalized spacial score (nSPS) is 12.5. The van der Waals surface area contributed by atoms with Gasteiger partial charge in [-0.25, -0.2) is 4.79 Å². The molecule has 186 valence electrons. The molecule has 1 atom stereocenters. The van der Waals surface area contributed by atoms with E-state index >= 15 is 0 Å². The first-order valence-electron chi connectivity index (χ1n) is 12.1. The largest absolute Gasteiger partial charge is 0.493 e. The zero-order valence-electron chi connectivity index (χ0n) is 21.2. The van der Waals surface area contributed by atoms with Crippen LogP contribution in [0.3, 0.4) is 0 Å². The van der Waals surface area contributed by atoms with Gasteiger partial charge in [0, 0.05) is 24.2 Å². The van der Waals surface area contributed by atoms with E-state index in [-0.39, 0.29) is 11.7 Å². The van der Waals surface area contributed by atoms with Crippen molar-refractivity contribution in [2.24, 2.45) is 7.05 Å². The Morgan fingerprint density at radius 2 is 2.03 bits per heavy atom. The molecule has 0 bridgehead atoms. The zero-order valence-corrected chi connectivity index (χ0v) is 21.2. The Balaban J connectivity index is 1.78. The molecule has 4 aromatic heterocycles. The molecule has 0 saturated carbocycles. The van der Waals surface area contributed by atoms with Gasteiger partial charge in [-0.15, -0.1) is 0 Å². The van der Waals surface area contributed by atoms with Crippen molar-refractivity contribution in [1.29, 1.82) is 0 Å². The van der Waals surface area contributed by atoms with Crippen LogP contribution in [0, 0.1) is 13.8 Å². The second-order valence-corrected chi connectivity index (χ2v) is 9.00. The van der Waals surface area contributed by atoms with Gasteiger partial charge in [0.25, 0.3) is 0 Å². The Kier molecular flexibility index (Phi) is 6.32. The summed E-state index contributed by atoms with van der Waals surface area (Å²) in [5.41, 5.74) is 5.56. The Morgan fingerprint density at radius 1 is 1.19 bits per heavy atom. The second-order valence-electron chi connectivity index (χ2n) is 9.00. The lowest BCUT2D eigenvalue weighted by Gasteiger charge is -2.16. The number of aromatic nitrogens is 5. The first kappa shape index (κ1) is 23.7. The Hall–Kier alpha value is -3.98. The smallest absolute Gasteiger partial charge is 0.329 e. The van der Waals surface area contributed by atoms with Crippen LogP contribution in [0.5, 0.6) is 5.75 Å². The molecule has 0 spiro atoms. The Bertz CT molecular complexity index is 1580. The maximum atomic E-state index is 13.4. The van der Waals surface area contributed by atoms with Crippen LogP contribution in [0.15, 0.2) is 52.0 Å². The van der Waals surface area contributed by atoms with Crippen LogP contribution in [-0.4, -0.2) is 44.5 Å². The molecule has 0 saturated heterocycles. The van der Waals surface area contributed by atoms with Crippen molar-refractivity contribution in [3.05, 3.63) is 70.4 Å². The van der Waals surface area contributed by atoms with Gasteiger partial charge in [0.05, 0.1) is 52.3 Å². The van der Waals surface area contributed by atoms with Crippen molar-refractivity contribution in [3.63, 3.8) is 0 Å². The first-order valence-corrected chi connectivity index (χ1v) is 12.1. The molecule has 0 fully saturated rings. The maximum absolute atomic E-state index is 13.4. The van der Waals surface area contributed by atoms with Crippen LogP contribution in [0.25, 0.3) is 33.1 Å². The van der Waals surface area contributed by atoms with E-state index in [1.807, 2.05) is 58.2 Å². The number of hydrogen-bond donors (Lipinski definition) is 1. The summed E-state index contributed by atoms with van der Waals surface area (Å²) >= 11 is 0. The summed E-state index contributed by atoms with van der Waals surface area (Å²) in [6.45, 7) is 7.19. The second kappa shape index (κ2) is 9.58. The molecule has 36 heavy (non-hydrogen) atoms. The van der Waals surface area contributed by atoms with E-state index in [2.05, 4.69) is 15.5 Å². The molecule has 0 amide bonds. The highest BCUT2D eigenvalue weighted by molar-refractivity contribution is 6.05. The number of aryl methyl sites for hydroxylation is 3. The zero-order chi connectivity index (χ0) is 25.4. The van der Waals surface area contributed by atoms with Gasteiger partial charge in [-0.2, -0.15) is 0 Å². The van der Waals surface area contributed by atoms with Gasteiger partial charge in [0.2, 0.25) is 0 Å². The molecule has 0 aliphatic rings. The summed E-state index contributed by atoms with van der Waals surface area (Å²) in [6.07, 6.45) is 4.35.